The van der Waals surface area contributed by atoms with E-state index in [2.05, 4.69) is 10.6 Å². The maximum atomic E-state index is 14.1. The maximum absolute atomic E-state index is 14.1. The van der Waals surface area contributed by atoms with E-state index in [0.717, 1.165) is 6.42 Å². The quantitative estimate of drug-likeness (QED) is 0.356. The number of nitrogens with one attached hydrogen (secondary N) is 2. The van der Waals surface area contributed by atoms with Gasteiger partial charge >= 0.3 is 0 Å². The molecule has 0 aromatic heterocycles. The minimum Gasteiger partial charge on any atom is -0.352 e. The van der Waals surface area contributed by atoms with Crippen LogP contribution < -0.4 is 10.6 Å². The van der Waals surface area contributed by atoms with E-state index in [9.17, 15) is 24.0 Å². The number of carbonyl (C=O) groups excluding carboxylic acids is 5. The molecule has 0 aromatic rings. The molecule has 2 rings (SSSR count). The van der Waals surface area contributed by atoms with Crippen molar-refractivity contribution in [2.24, 2.45) is 17.8 Å². The molecule has 0 radical (unpaired) electrons. The van der Waals surface area contributed by atoms with Crippen LogP contribution in [0.25, 0.3) is 0 Å². The number of rotatable bonds is 12. The molecule has 240 valence electrons. The van der Waals surface area contributed by atoms with Crippen molar-refractivity contribution in [1.29, 1.82) is 0 Å². The summed E-state index contributed by atoms with van der Waals surface area (Å²) in [6.45, 7) is 16.1. The van der Waals surface area contributed by atoms with Gasteiger partial charge < -0.3 is 25.3 Å². The van der Waals surface area contributed by atoms with Crippen LogP contribution in [-0.2, 0) is 24.0 Å². The van der Waals surface area contributed by atoms with Gasteiger partial charge in [-0.1, -0.05) is 41.5 Å². The Hall–Kier alpha value is -2.69. The first kappa shape index (κ1) is 35.5. The van der Waals surface area contributed by atoms with Crippen molar-refractivity contribution in [2.75, 3.05) is 34.2 Å². The van der Waals surface area contributed by atoms with Crippen molar-refractivity contribution in [3.05, 3.63) is 0 Å². The van der Waals surface area contributed by atoms with Gasteiger partial charge in [0, 0.05) is 26.2 Å². The van der Waals surface area contributed by atoms with Crippen molar-refractivity contribution in [2.45, 2.75) is 117 Å². The summed E-state index contributed by atoms with van der Waals surface area (Å²) in [7, 11) is 5.29. The monoisotopic (exact) mass is 592 g/mol. The Balaban J connectivity index is 2.27. The Morgan fingerprint density at radius 2 is 1.21 bits per heavy atom. The average molecular weight is 593 g/mol. The predicted molar refractivity (Wildman–Crippen MR) is 163 cm³/mol. The van der Waals surface area contributed by atoms with Crippen molar-refractivity contribution in [3.63, 3.8) is 0 Å². The lowest BCUT2D eigenvalue weighted by molar-refractivity contribution is -0.153. The minimum absolute atomic E-state index is 0.0296. The summed E-state index contributed by atoms with van der Waals surface area (Å²) in [5.74, 6) is -1.58. The molecule has 11 nitrogen and oxygen atoms in total. The summed E-state index contributed by atoms with van der Waals surface area (Å²) in [5.41, 5.74) is 0. The zero-order valence-electron chi connectivity index (χ0n) is 27.8. The van der Waals surface area contributed by atoms with Gasteiger partial charge in [0.2, 0.25) is 29.5 Å². The fraction of sp³-hybridized carbons (Fsp3) is 0.839. The third kappa shape index (κ3) is 8.23. The van der Waals surface area contributed by atoms with Gasteiger partial charge in [-0.05, 0) is 71.4 Å². The fourth-order valence-corrected chi connectivity index (χ4v) is 6.47. The number of likely N-dealkylation sites (tertiary alicyclic amines) is 2. The van der Waals surface area contributed by atoms with E-state index in [1.807, 2.05) is 74.4 Å². The lowest BCUT2D eigenvalue weighted by Gasteiger charge is -2.38. The number of carbonyl (C=O) groups is 5. The second kappa shape index (κ2) is 15.2. The van der Waals surface area contributed by atoms with Crippen molar-refractivity contribution in [1.82, 2.24) is 30.2 Å². The second-order valence-corrected chi connectivity index (χ2v) is 13.6. The third-order valence-electron chi connectivity index (χ3n) is 8.43. The molecule has 5 atom stereocenters. The lowest BCUT2D eigenvalue weighted by atomic mass is 9.96. The molecule has 0 unspecified atom stereocenters. The summed E-state index contributed by atoms with van der Waals surface area (Å²) < 4.78 is 0. The molecule has 0 aliphatic carbocycles. The molecular weight excluding hydrogens is 536 g/mol. The van der Waals surface area contributed by atoms with Crippen molar-refractivity contribution < 1.29 is 24.0 Å². The molecule has 0 spiro atoms. The van der Waals surface area contributed by atoms with Crippen LogP contribution in [0.3, 0.4) is 0 Å². The van der Waals surface area contributed by atoms with E-state index in [1.165, 1.54) is 4.90 Å². The molecule has 2 fully saturated rings. The molecule has 2 heterocycles. The van der Waals surface area contributed by atoms with E-state index >= 15 is 0 Å². The van der Waals surface area contributed by atoms with Gasteiger partial charge in [0.15, 0.2) is 0 Å². The summed E-state index contributed by atoms with van der Waals surface area (Å²) in [4.78, 5) is 74.3. The van der Waals surface area contributed by atoms with Gasteiger partial charge in [-0.3, -0.25) is 28.9 Å². The fourth-order valence-electron chi connectivity index (χ4n) is 6.47. The molecule has 11 heteroatoms. The molecule has 2 aliphatic rings. The van der Waals surface area contributed by atoms with Crippen LogP contribution in [0.5, 0.6) is 0 Å². The minimum atomic E-state index is -0.808. The Labute approximate surface area is 253 Å². The van der Waals surface area contributed by atoms with Gasteiger partial charge in [-0.25, -0.2) is 0 Å². The highest BCUT2D eigenvalue weighted by atomic mass is 16.2. The number of hydrogen-bond donors (Lipinski definition) is 2. The van der Waals surface area contributed by atoms with E-state index in [4.69, 9.17) is 0 Å². The van der Waals surface area contributed by atoms with Crippen LogP contribution in [0.2, 0.25) is 0 Å². The average Bonchev–Trinajstić information content (AvgIpc) is 3.55. The molecular formula is C31H56N6O5. The number of hydrogen-bond acceptors (Lipinski definition) is 6. The van der Waals surface area contributed by atoms with Crippen LogP contribution in [-0.4, -0.2) is 120 Å². The number of amides is 5. The first-order chi connectivity index (χ1) is 19.5. The molecule has 5 amide bonds. The van der Waals surface area contributed by atoms with Crippen LogP contribution in [0.1, 0.15) is 81.1 Å². The Morgan fingerprint density at radius 3 is 1.69 bits per heavy atom. The topological polar surface area (TPSA) is 122 Å². The molecule has 42 heavy (non-hydrogen) atoms. The second-order valence-electron chi connectivity index (χ2n) is 13.6. The number of nitrogens with zero attached hydrogens (tertiary/aromatic N) is 4. The van der Waals surface area contributed by atoms with Gasteiger partial charge in [-0.15, -0.1) is 0 Å². The highest BCUT2D eigenvalue weighted by Gasteiger charge is 2.45. The summed E-state index contributed by atoms with van der Waals surface area (Å²) >= 11 is 0. The van der Waals surface area contributed by atoms with E-state index in [-0.39, 0.29) is 53.3 Å². The first-order valence-electron chi connectivity index (χ1n) is 15.7. The smallest absolute Gasteiger partial charge is 0.246 e. The molecule has 0 saturated carbocycles. The van der Waals surface area contributed by atoms with E-state index < -0.39 is 30.2 Å². The predicted octanol–water partition coefficient (Wildman–Crippen LogP) is 1.70. The highest BCUT2D eigenvalue weighted by Crippen LogP contribution is 2.28. The highest BCUT2D eigenvalue weighted by molar-refractivity contribution is 5.96. The molecule has 2 N–H and O–H groups in total. The van der Waals surface area contributed by atoms with Crippen LogP contribution in [0.15, 0.2) is 0 Å². The third-order valence-corrected chi connectivity index (χ3v) is 8.43. The largest absolute Gasteiger partial charge is 0.352 e. The zero-order valence-corrected chi connectivity index (χ0v) is 27.8. The van der Waals surface area contributed by atoms with Crippen LogP contribution in [0, 0.1) is 17.8 Å². The van der Waals surface area contributed by atoms with E-state index in [1.54, 1.807) is 16.8 Å². The molecule has 2 saturated heterocycles. The Bertz CT molecular complexity index is 973. The standard InChI is InChI=1S/C31H56N6O5/c1-18(2)24(33-28(39)25(19(3)4)34(9)10)30(41)35(11)26(20(5)6)31(42)37-17-13-15-23(37)29(40)36-16-12-14-22(36)27(38)32-21(7)8/h18-26H,12-17H2,1-11H3,(H,32,38)(H,33,39)/t22-,23-,24-,25-,26-/m0/s1. The van der Waals surface area contributed by atoms with Crippen molar-refractivity contribution >= 4 is 29.5 Å². The first-order valence-corrected chi connectivity index (χ1v) is 15.7. The summed E-state index contributed by atoms with van der Waals surface area (Å²) in [6, 6.07) is -3.24. The Kier molecular flexibility index (Phi) is 12.8. The lowest BCUT2D eigenvalue weighted by Crippen LogP contribution is -2.61. The Morgan fingerprint density at radius 1 is 0.690 bits per heavy atom. The van der Waals surface area contributed by atoms with Crippen LogP contribution in [0.4, 0.5) is 0 Å². The van der Waals surface area contributed by atoms with Gasteiger partial charge in [0.1, 0.15) is 24.2 Å². The van der Waals surface area contributed by atoms with Gasteiger partial charge in [0.25, 0.3) is 0 Å². The number of likely N-dealkylation sites (N-methyl/N-ethyl adjacent to an activating group) is 2. The zero-order chi connectivity index (χ0) is 32.0. The summed E-state index contributed by atoms with van der Waals surface area (Å²) in [6.07, 6.45) is 2.54. The van der Waals surface area contributed by atoms with Gasteiger partial charge in [-0.2, -0.15) is 0 Å². The summed E-state index contributed by atoms with van der Waals surface area (Å²) in [5, 5.41) is 5.88. The molecule has 0 bridgehead atoms. The SMILES string of the molecule is CC(C)NC(=O)[C@@H]1CCCN1C(=O)[C@@H]1CCCN1C(=O)[C@H](C(C)C)N(C)C(=O)[C@@H](NC(=O)[C@H](C(C)C)N(C)C)C(C)C. The van der Waals surface area contributed by atoms with Crippen molar-refractivity contribution in [3.8, 4) is 0 Å². The molecule has 0 aromatic carbocycles. The normalized spacial score (nSPS) is 21.3. The van der Waals surface area contributed by atoms with Gasteiger partial charge in [0.05, 0.1) is 6.04 Å². The van der Waals surface area contributed by atoms with E-state index in [0.29, 0.717) is 32.4 Å². The maximum Gasteiger partial charge on any atom is 0.246 e. The molecule has 2 aliphatic heterocycles. The van der Waals surface area contributed by atoms with Crippen LogP contribution >= 0.6 is 0 Å².